The van der Waals surface area contributed by atoms with Gasteiger partial charge in [0, 0.05) is 19.6 Å². The first kappa shape index (κ1) is 15.6. The van der Waals surface area contributed by atoms with E-state index in [1.54, 1.807) is 24.3 Å². The van der Waals surface area contributed by atoms with Gasteiger partial charge in [-0.15, -0.1) is 0 Å². The molecule has 0 aliphatic carbocycles. The minimum Gasteiger partial charge on any atom is -0.396 e. The molecule has 0 bridgehead atoms. The molecule has 2 rings (SSSR count). The van der Waals surface area contributed by atoms with Gasteiger partial charge in [-0.1, -0.05) is 12.1 Å². The van der Waals surface area contributed by atoms with Crippen LogP contribution in [0.25, 0.3) is 0 Å². The van der Waals surface area contributed by atoms with E-state index in [0.29, 0.717) is 18.7 Å². The average Bonchev–Trinajstić information content (AvgIpc) is 2.98. The molecule has 0 aliphatic rings. The van der Waals surface area contributed by atoms with Crippen LogP contribution in [0, 0.1) is 0 Å². The Hall–Kier alpha value is -1.77. The van der Waals surface area contributed by atoms with E-state index in [1.165, 1.54) is 6.33 Å². The number of nitrogens with one attached hydrogen (secondary N) is 2. The number of aryl methyl sites for hydroxylation is 1. The van der Waals surface area contributed by atoms with Gasteiger partial charge < -0.3 is 5.11 Å². The Balaban J connectivity index is 1.92. The minimum absolute atomic E-state index is 0.128. The smallest absolute Gasteiger partial charge is 0.240 e. The summed E-state index contributed by atoms with van der Waals surface area (Å²) in [6.45, 7) is 0.382. The molecule has 0 aliphatic heterocycles. The van der Waals surface area contributed by atoms with E-state index < -0.39 is 10.0 Å². The van der Waals surface area contributed by atoms with Crippen LogP contribution >= 0.6 is 0 Å². The molecule has 0 radical (unpaired) electrons. The van der Waals surface area contributed by atoms with Crippen LogP contribution in [0.5, 0.6) is 0 Å². The normalized spacial score (nSPS) is 11.7. The second kappa shape index (κ2) is 7.30. The predicted octanol–water partition coefficient (Wildman–Crippen LogP) is 0.251. The zero-order chi connectivity index (χ0) is 15.1. The molecule has 7 nitrogen and oxygen atoms in total. The molecule has 1 aromatic carbocycles. The van der Waals surface area contributed by atoms with Crippen LogP contribution in [0.1, 0.15) is 17.8 Å². The molecule has 8 heteroatoms. The average molecular weight is 310 g/mol. The number of sulfonamides is 1. The summed E-state index contributed by atoms with van der Waals surface area (Å²) < 4.78 is 26.7. The summed E-state index contributed by atoms with van der Waals surface area (Å²) in [5, 5.41) is 15.1. The highest BCUT2D eigenvalue weighted by Crippen LogP contribution is 2.11. The van der Waals surface area contributed by atoms with Crippen molar-refractivity contribution in [3.05, 3.63) is 42.0 Å². The lowest BCUT2D eigenvalue weighted by Crippen LogP contribution is -2.26. The van der Waals surface area contributed by atoms with Crippen molar-refractivity contribution in [2.75, 3.05) is 13.2 Å². The van der Waals surface area contributed by atoms with Crippen molar-refractivity contribution in [2.24, 2.45) is 0 Å². The predicted molar refractivity (Wildman–Crippen MR) is 77.1 cm³/mol. The zero-order valence-electron chi connectivity index (χ0n) is 11.5. The number of aromatic amines is 1. The molecule has 21 heavy (non-hydrogen) atoms. The SMILES string of the molecule is O=S(=O)(NCCc1ncn[nH]1)c1ccc(CCCO)cc1. The first-order chi connectivity index (χ1) is 10.1. The van der Waals surface area contributed by atoms with E-state index in [4.69, 9.17) is 5.11 Å². The first-order valence-electron chi connectivity index (χ1n) is 6.65. The summed E-state index contributed by atoms with van der Waals surface area (Å²) in [6, 6.07) is 6.67. The Labute approximate surface area is 123 Å². The van der Waals surface area contributed by atoms with Crippen molar-refractivity contribution in [1.29, 1.82) is 0 Å². The topological polar surface area (TPSA) is 108 Å². The van der Waals surface area contributed by atoms with Gasteiger partial charge in [-0.3, -0.25) is 5.10 Å². The highest BCUT2D eigenvalue weighted by atomic mass is 32.2. The molecule has 0 saturated carbocycles. The van der Waals surface area contributed by atoms with Crippen molar-refractivity contribution >= 4 is 10.0 Å². The fraction of sp³-hybridized carbons (Fsp3) is 0.385. The molecule has 3 N–H and O–H groups in total. The molecule has 0 unspecified atom stereocenters. The Kier molecular flexibility index (Phi) is 5.43. The molecule has 1 aromatic heterocycles. The second-order valence-corrected chi connectivity index (χ2v) is 6.32. The Morgan fingerprint density at radius 1 is 1.19 bits per heavy atom. The first-order valence-corrected chi connectivity index (χ1v) is 8.14. The van der Waals surface area contributed by atoms with Gasteiger partial charge in [-0.2, -0.15) is 5.10 Å². The van der Waals surface area contributed by atoms with Crippen molar-refractivity contribution in [3.8, 4) is 0 Å². The Bertz CT molecular complexity index is 639. The zero-order valence-corrected chi connectivity index (χ0v) is 12.3. The van der Waals surface area contributed by atoms with Gasteiger partial charge in [0.05, 0.1) is 4.90 Å². The summed E-state index contributed by atoms with van der Waals surface area (Å²) >= 11 is 0. The Morgan fingerprint density at radius 3 is 2.57 bits per heavy atom. The van der Waals surface area contributed by atoms with Crippen molar-refractivity contribution in [3.63, 3.8) is 0 Å². The Morgan fingerprint density at radius 2 is 1.95 bits per heavy atom. The third-order valence-electron chi connectivity index (χ3n) is 2.98. The van der Waals surface area contributed by atoms with Crippen molar-refractivity contribution in [2.45, 2.75) is 24.2 Å². The highest BCUT2D eigenvalue weighted by molar-refractivity contribution is 7.89. The van der Waals surface area contributed by atoms with E-state index >= 15 is 0 Å². The number of rotatable bonds is 8. The molecular formula is C13H18N4O3S. The summed E-state index contributed by atoms with van der Waals surface area (Å²) in [6.07, 6.45) is 3.24. The maximum Gasteiger partial charge on any atom is 0.240 e. The third kappa shape index (κ3) is 4.62. The van der Waals surface area contributed by atoms with Crippen molar-refractivity contribution < 1.29 is 13.5 Å². The van der Waals surface area contributed by atoms with Crippen molar-refractivity contribution in [1.82, 2.24) is 19.9 Å². The summed E-state index contributed by atoms with van der Waals surface area (Å²) in [4.78, 5) is 4.16. The summed E-state index contributed by atoms with van der Waals surface area (Å²) in [5.74, 6) is 0.636. The van der Waals surface area contributed by atoms with Gasteiger partial charge in [0.25, 0.3) is 0 Å². The van der Waals surface area contributed by atoms with E-state index in [1.807, 2.05) is 0 Å². The van der Waals surface area contributed by atoms with Crippen LogP contribution in [-0.2, 0) is 22.9 Å². The minimum atomic E-state index is -3.51. The van der Waals surface area contributed by atoms with Crippen LogP contribution in [0.2, 0.25) is 0 Å². The maximum absolute atomic E-state index is 12.1. The number of nitrogens with zero attached hydrogens (tertiary/aromatic N) is 2. The van der Waals surface area contributed by atoms with Crippen LogP contribution in [0.4, 0.5) is 0 Å². The van der Waals surface area contributed by atoms with Gasteiger partial charge in [0.2, 0.25) is 10.0 Å². The molecular weight excluding hydrogens is 292 g/mol. The van der Waals surface area contributed by atoms with Gasteiger partial charge in [-0.05, 0) is 30.5 Å². The van der Waals surface area contributed by atoms with Gasteiger partial charge in [0.1, 0.15) is 12.2 Å². The number of aromatic nitrogens is 3. The van der Waals surface area contributed by atoms with Crippen LogP contribution in [-0.4, -0.2) is 41.9 Å². The third-order valence-corrected chi connectivity index (χ3v) is 4.45. The lowest BCUT2D eigenvalue weighted by atomic mass is 10.1. The number of hydrogen-bond donors (Lipinski definition) is 3. The number of aliphatic hydroxyl groups excluding tert-OH is 1. The fourth-order valence-corrected chi connectivity index (χ4v) is 2.89. The maximum atomic E-state index is 12.1. The fourth-order valence-electron chi connectivity index (χ4n) is 1.86. The van der Waals surface area contributed by atoms with Gasteiger partial charge >= 0.3 is 0 Å². The molecule has 0 fully saturated rings. The number of aliphatic hydroxyl groups is 1. The largest absolute Gasteiger partial charge is 0.396 e. The quantitative estimate of drug-likeness (QED) is 0.648. The monoisotopic (exact) mass is 310 g/mol. The number of benzene rings is 1. The lowest BCUT2D eigenvalue weighted by Gasteiger charge is -2.07. The summed E-state index contributed by atoms with van der Waals surface area (Å²) in [5.41, 5.74) is 1.00. The molecule has 2 aromatic rings. The number of hydrogen-bond acceptors (Lipinski definition) is 5. The molecule has 0 atom stereocenters. The van der Waals surface area contributed by atoms with Gasteiger partial charge in [-0.25, -0.2) is 18.1 Å². The van der Waals surface area contributed by atoms with Gasteiger partial charge in [0.15, 0.2) is 0 Å². The van der Waals surface area contributed by atoms with E-state index in [2.05, 4.69) is 19.9 Å². The van der Waals surface area contributed by atoms with Crippen LogP contribution < -0.4 is 4.72 Å². The van der Waals surface area contributed by atoms with E-state index in [-0.39, 0.29) is 18.0 Å². The molecule has 0 spiro atoms. The van der Waals surface area contributed by atoms with Crippen LogP contribution in [0.3, 0.4) is 0 Å². The standard InChI is InChI=1S/C13H18N4O3S/c18-9-1-2-11-3-5-12(6-4-11)21(19,20)16-8-7-13-14-10-15-17-13/h3-6,10,16,18H,1-2,7-9H2,(H,14,15,17). The summed E-state index contributed by atoms with van der Waals surface area (Å²) in [7, 11) is -3.51. The van der Waals surface area contributed by atoms with E-state index in [9.17, 15) is 8.42 Å². The lowest BCUT2D eigenvalue weighted by molar-refractivity contribution is 0.288. The highest BCUT2D eigenvalue weighted by Gasteiger charge is 2.13. The molecule has 0 saturated heterocycles. The molecule has 0 amide bonds. The number of H-pyrrole nitrogens is 1. The molecule has 1 heterocycles. The molecule has 114 valence electrons. The van der Waals surface area contributed by atoms with Crippen LogP contribution in [0.15, 0.2) is 35.5 Å². The second-order valence-electron chi connectivity index (χ2n) is 4.55. The van der Waals surface area contributed by atoms with E-state index in [0.717, 1.165) is 12.0 Å².